The summed E-state index contributed by atoms with van der Waals surface area (Å²) in [4.78, 5) is 12.8. The summed E-state index contributed by atoms with van der Waals surface area (Å²) in [7, 11) is 0. The third-order valence-electron chi connectivity index (χ3n) is 5.65. The van der Waals surface area contributed by atoms with Crippen LogP contribution in [0, 0.1) is 0 Å². The molecule has 0 aliphatic rings. The van der Waals surface area contributed by atoms with Crippen molar-refractivity contribution in [2.75, 3.05) is 24.6 Å². The summed E-state index contributed by atoms with van der Waals surface area (Å²) in [5, 5.41) is 0. The van der Waals surface area contributed by atoms with Crippen LogP contribution in [0.15, 0.2) is 0 Å². The van der Waals surface area contributed by atoms with E-state index >= 15 is 0 Å². The fraction of sp³-hybridized carbons (Fsp3) is 0.955. The van der Waals surface area contributed by atoms with Crippen molar-refractivity contribution in [2.24, 2.45) is 0 Å². The van der Waals surface area contributed by atoms with Gasteiger partial charge in [0, 0.05) is 0 Å². The molecule has 2 nitrogen and oxygen atoms in total. The van der Waals surface area contributed by atoms with Crippen molar-refractivity contribution in [3.8, 4) is 0 Å². The Morgan fingerprint density at radius 1 is 0.600 bits per heavy atom. The van der Waals surface area contributed by atoms with Crippen molar-refractivity contribution in [3.63, 3.8) is 0 Å². The van der Waals surface area contributed by atoms with E-state index in [-0.39, 0.29) is 5.97 Å². The number of carbonyl (C=O) groups excluding carboxylic acids is 1. The van der Waals surface area contributed by atoms with Crippen LogP contribution in [0.4, 0.5) is 0 Å². The Labute approximate surface area is 158 Å². The van der Waals surface area contributed by atoms with Gasteiger partial charge in [0.05, 0.1) is 0 Å². The number of carbonyl (C=O) groups is 1. The molecule has 0 aliphatic carbocycles. The topological polar surface area (TPSA) is 26.3 Å². The Morgan fingerprint density at radius 2 is 0.960 bits per heavy atom. The molecular formula is C22H47O2P. The van der Waals surface area contributed by atoms with Gasteiger partial charge in [0.15, 0.2) is 0 Å². The van der Waals surface area contributed by atoms with Gasteiger partial charge >= 0.3 is 158 Å². The fourth-order valence-electron chi connectivity index (χ4n) is 3.94. The van der Waals surface area contributed by atoms with E-state index in [0.29, 0.717) is 6.42 Å². The number of hydrogen-bond donors (Lipinski definition) is 0. The van der Waals surface area contributed by atoms with Crippen LogP contribution >= 0.6 is 6.83 Å². The summed E-state index contributed by atoms with van der Waals surface area (Å²) in [6, 6.07) is 0. The van der Waals surface area contributed by atoms with Crippen molar-refractivity contribution < 1.29 is 9.32 Å². The summed E-state index contributed by atoms with van der Waals surface area (Å²) in [6.45, 7) is 8.88. The van der Waals surface area contributed by atoms with Gasteiger partial charge in [-0.1, -0.05) is 0 Å². The summed E-state index contributed by atoms with van der Waals surface area (Å²) in [5.41, 5.74) is 0. The Hall–Kier alpha value is -0.100. The van der Waals surface area contributed by atoms with E-state index in [1.54, 1.807) is 0 Å². The Morgan fingerprint density at radius 3 is 1.28 bits per heavy atom. The SMILES string of the molecule is CCCCCC(=O)OP(CCCC)(CCCC)(CCCC)CCCC. The Bertz CT molecular complexity index is 297. The van der Waals surface area contributed by atoms with E-state index in [9.17, 15) is 4.79 Å². The second kappa shape index (κ2) is 14.0. The van der Waals surface area contributed by atoms with E-state index in [1.165, 1.54) is 76.0 Å². The average molecular weight is 375 g/mol. The Balaban J connectivity index is 5.52. The van der Waals surface area contributed by atoms with Gasteiger partial charge in [0.2, 0.25) is 0 Å². The quantitative estimate of drug-likeness (QED) is 0.192. The van der Waals surface area contributed by atoms with Crippen LogP contribution in [0.25, 0.3) is 0 Å². The molecule has 25 heavy (non-hydrogen) atoms. The van der Waals surface area contributed by atoms with Gasteiger partial charge in [-0.3, -0.25) is 0 Å². The van der Waals surface area contributed by atoms with Crippen molar-refractivity contribution in [1.29, 1.82) is 0 Å². The summed E-state index contributed by atoms with van der Waals surface area (Å²) in [6.07, 6.45) is 18.3. The number of rotatable bonds is 17. The molecule has 0 rings (SSSR count). The molecule has 0 amide bonds. The molecule has 0 unspecified atom stereocenters. The Kier molecular flexibility index (Phi) is 14.0. The molecule has 0 spiro atoms. The van der Waals surface area contributed by atoms with Gasteiger partial charge in [0.25, 0.3) is 0 Å². The van der Waals surface area contributed by atoms with Crippen LogP contribution in [-0.2, 0) is 9.32 Å². The second-order valence-corrected chi connectivity index (χ2v) is 13.8. The van der Waals surface area contributed by atoms with Crippen LogP contribution in [0.5, 0.6) is 0 Å². The zero-order valence-corrected chi connectivity index (χ0v) is 19.0. The second-order valence-electron chi connectivity index (χ2n) is 8.09. The third kappa shape index (κ3) is 9.41. The van der Waals surface area contributed by atoms with Gasteiger partial charge < -0.3 is 0 Å². The molecule has 0 N–H and O–H groups in total. The van der Waals surface area contributed by atoms with Gasteiger partial charge in [-0.15, -0.1) is 0 Å². The van der Waals surface area contributed by atoms with Crippen LogP contribution in [0.2, 0.25) is 0 Å². The predicted molar refractivity (Wildman–Crippen MR) is 116 cm³/mol. The van der Waals surface area contributed by atoms with Gasteiger partial charge in [-0.2, -0.15) is 0 Å². The minimum atomic E-state index is -2.40. The van der Waals surface area contributed by atoms with Crippen LogP contribution in [0.1, 0.15) is 112 Å². The molecule has 0 aromatic carbocycles. The van der Waals surface area contributed by atoms with Crippen molar-refractivity contribution in [1.82, 2.24) is 0 Å². The van der Waals surface area contributed by atoms with Crippen molar-refractivity contribution >= 4 is 12.8 Å². The molecule has 0 saturated carbocycles. The average Bonchev–Trinajstić information content (AvgIpc) is 2.62. The molecule has 0 atom stereocenters. The molecule has 0 fully saturated rings. The van der Waals surface area contributed by atoms with E-state index in [0.717, 1.165) is 19.3 Å². The van der Waals surface area contributed by atoms with Crippen LogP contribution in [0.3, 0.4) is 0 Å². The van der Waals surface area contributed by atoms with Crippen LogP contribution in [-0.4, -0.2) is 30.6 Å². The first-order valence-corrected chi connectivity index (χ1v) is 14.1. The third-order valence-corrected chi connectivity index (χ3v) is 12.2. The summed E-state index contributed by atoms with van der Waals surface area (Å²) >= 11 is 0. The number of hydrogen-bond acceptors (Lipinski definition) is 2. The first-order valence-electron chi connectivity index (χ1n) is 11.2. The fourth-order valence-corrected chi connectivity index (χ4v) is 10.8. The van der Waals surface area contributed by atoms with E-state index in [2.05, 4.69) is 34.6 Å². The van der Waals surface area contributed by atoms with Gasteiger partial charge in [0.1, 0.15) is 0 Å². The molecule has 0 aromatic heterocycles. The molecule has 152 valence electrons. The molecule has 3 heteroatoms. The van der Waals surface area contributed by atoms with Crippen molar-refractivity contribution in [2.45, 2.75) is 112 Å². The van der Waals surface area contributed by atoms with E-state index in [1.807, 2.05) is 0 Å². The first-order chi connectivity index (χ1) is 12.0. The molecule has 0 heterocycles. The molecule has 0 bridgehead atoms. The first kappa shape index (κ1) is 24.9. The maximum atomic E-state index is 12.8. The monoisotopic (exact) mass is 374 g/mol. The zero-order valence-electron chi connectivity index (χ0n) is 18.1. The standard InChI is InChI=1S/C22H47O2P/c1-6-11-16-17-22(23)24-25(18-12-7-2,19-13-8-3,20-14-9-4)21-15-10-5/h6-21H2,1-5H3. The maximum absolute atomic E-state index is 12.8. The normalized spacial score (nSPS) is 13.4. The molecule has 0 radical (unpaired) electrons. The molecule has 0 aromatic rings. The van der Waals surface area contributed by atoms with E-state index in [4.69, 9.17) is 4.52 Å². The van der Waals surface area contributed by atoms with Gasteiger partial charge in [-0.05, 0) is 0 Å². The van der Waals surface area contributed by atoms with Gasteiger partial charge in [-0.25, -0.2) is 0 Å². The van der Waals surface area contributed by atoms with Crippen LogP contribution < -0.4 is 0 Å². The number of unbranched alkanes of at least 4 members (excludes halogenated alkanes) is 6. The molecule has 0 saturated heterocycles. The summed E-state index contributed by atoms with van der Waals surface area (Å²) < 4.78 is 6.67. The molecule has 0 aliphatic heterocycles. The predicted octanol–water partition coefficient (Wildman–Crippen LogP) is 7.78. The minimum absolute atomic E-state index is 0.116. The summed E-state index contributed by atoms with van der Waals surface area (Å²) in [5.74, 6) is 0.116. The van der Waals surface area contributed by atoms with E-state index < -0.39 is 6.83 Å². The zero-order chi connectivity index (χ0) is 19.0. The molecular weight excluding hydrogens is 327 g/mol. The van der Waals surface area contributed by atoms with Crippen molar-refractivity contribution in [3.05, 3.63) is 0 Å².